The largest absolute Gasteiger partial charge is 0.481 e. The van der Waals surface area contributed by atoms with Crippen LogP contribution in [-0.4, -0.2) is 23.6 Å². The molecule has 2 rings (SSSR count). The molecule has 0 saturated heterocycles. The van der Waals surface area contributed by atoms with E-state index in [4.69, 9.17) is 4.74 Å². The molecular formula is C15H18FN3O. The lowest BCUT2D eigenvalue weighted by Crippen LogP contribution is -2.24. The second-order valence-corrected chi connectivity index (χ2v) is 4.43. The first-order valence-corrected chi connectivity index (χ1v) is 6.59. The van der Waals surface area contributed by atoms with E-state index in [-0.39, 0.29) is 11.9 Å². The van der Waals surface area contributed by atoms with Crippen molar-refractivity contribution in [2.45, 2.75) is 19.4 Å². The van der Waals surface area contributed by atoms with Gasteiger partial charge in [-0.15, -0.1) is 0 Å². The van der Waals surface area contributed by atoms with Gasteiger partial charge in [0.1, 0.15) is 12.1 Å². The van der Waals surface area contributed by atoms with Crippen molar-refractivity contribution in [1.29, 1.82) is 0 Å². The topological polar surface area (TPSA) is 47.0 Å². The summed E-state index contributed by atoms with van der Waals surface area (Å²) in [6.45, 7) is 2.89. The molecule has 5 heteroatoms. The molecule has 0 saturated carbocycles. The Morgan fingerprint density at radius 2 is 2.15 bits per heavy atom. The van der Waals surface area contributed by atoms with Crippen LogP contribution in [0.3, 0.4) is 0 Å². The van der Waals surface area contributed by atoms with E-state index in [1.54, 1.807) is 19.2 Å². The summed E-state index contributed by atoms with van der Waals surface area (Å²) in [6.07, 6.45) is 2.43. The fraction of sp³-hybridized carbons (Fsp3) is 0.333. The summed E-state index contributed by atoms with van der Waals surface area (Å²) >= 11 is 0. The van der Waals surface area contributed by atoms with E-state index in [1.807, 2.05) is 6.07 Å². The van der Waals surface area contributed by atoms with E-state index >= 15 is 0 Å². The third-order valence-electron chi connectivity index (χ3n) is 2.95. The minimum atomic E-state index is -0.258. The molecule has 0 fully saturated rings. The smallest absolute Gasteiger partial charge is 0.216 e. The zero-order valence-electron chi connectivity index (χ0n) is 11.6. The highest BCUT2D eigenvalue weighted by atomic mass is 19.1. The Kier molecular flexibility index (Phi) is 5.01. The standard InChI is InChI=1S/C15H18FN3O/c1-3-7-17-15(11-5-4-6-12(16)8-11)13-9-14(20-2)19-10-18-13/h4-6,8-10,15,17H,3,7H2,1-2H3. The Bertz CT molecular complexity index is 562. The number of nitrogens with one attached hydrogen (secondary N) is 1. The average Bonchev–Trinajstić information content (AvgIpc) is 2.48. The van der Waals surface area contributed by atoms with Crippen LogP contribution in [0.1, 0.15) is 30.6 Å². The van der Waals surface area contributed by atoms with Crippen molar-refractivity contribution in [3.63, 3.8) is 0 Å². The Morgan fingerprint density at radius 3 is 2.85 bits per heavy atom. The number of rotatable bonds is 6. The maximum atomic E-state index is 13.4. The van der Waals surface area contributed by atoms with Crippen LogP contribution < -0.4 is 10.1 Å². The van der Waals surface area contributed by atoms with Crippen molar-refractivity contribution in [3.8, 4) is 5.88 Å². The van der Waals surface area contributed by atoms with Crippen molar-refractivity contribution in [3.05, 3.63) is 53.7 Å². The van der Waals surface area contributed by atoms with E-state index in [9.17, 15) is 4.39 Å². The Labute approximate surface area is 118 Å². The van der Waals surface area contributed by atoms with E-state index in [1.165, 1.54) is 18.5 Å². The normalized spacial score (nSPS) is 12.2. The van der Waals surface area contributed by atoms with E-state index < -0.39 is 0 Å². The number of hydrogen-bond donors (Lipinski definition) is 1. The summed E-state index contributed by atoms with van der Waals surface area (Å²) in [7, 11) is 1.56. The molecule has 0 bridgehead atoms. The molecule has 0 aliphatic rings. The summed E-state index contributed by atoms with van der Waals surface area (Å²) in [6, 6.07) is 8.11. The zero-order valence-corrected chi connectivity index (χ0v) is 11.6. The van der Waals surface area contributed by atoms with Crippen LogP contribution in [0, 0.1) is 5.82 Å². The van der Waals surface area contributed by atoms with Gasteiger partial charge in [-0.25, -0.2) is 14.4 Å². The first-order valence-electron chi connectivity index (χ1n) is 6.59. The number of aromatic nitrogens is 2. The summed E-state index contributed by atoms with van der Waals surface area (Å²) in [4.78, 5) is 8.27. The molecule has 0 aliphatic carbocycles. The summed E-state index contributed by atoms with van der Waals surface area (Å²) in [5, 5.41) is 3.37. The van der Waals surface area contributed by atoms with Gasteiger partial charge in [0.15, 0.2) is 0 Å². The molecule has 1 aromatic carbocycles. The molecule has 106 valence electrons. The van der Waals surface area contributed by atoms with Gasteiger partial charge < -0.3 is 10.1 Å². The first kappa shape index (κ1) is 14.4. The summed E-state index contributed by atoms with van der Waals surface area (Å²) < 4.78 is 18.5. The average molecular weight is 275 g/mol. The highest BCUT2D eigenvalue weighted by Gasteiger charge is 2.16. The van der Waals surface area contributed by atoms with Crippen LogP contribution >= 0.6 is 0 Å². The van der Waals surface area contributed by atoms with Crippen molar-refractivity contribution in [2.75, 3.05) is 13.7 Å². The molecule has 4 nitrogen and oxygen atoms in total. The number of benzene rings is 1. The Hall–Kier alpha value is -2.01. The second kappa shape index (κ2) is 6.96. The molecule has 1 atom stereocenters. The molecule has 1 N–H and O–H groups in total. The van der Waals surface area contributed by atoms with Gasteiger partial charge in [-0.05, 0) is 30.7 Å². The molecule has 0 radical (unpaired) electrons. The van der Waals surface area contributed by atoms with Gasteiger partial charge >= 0.3 is 0 Å². The molecule has 0 aliphatic heterocycles. The van der Waals surface area contributed by atoms with Crippen molar-refractivity contribution in [1.82, 2.24) is 15.3 Å². The van der Waals surface area contributed by atoms with Gasteiger partial charge in [0.25, 0.3) is 0 Å². The Balaban J connectivity index is 2.35. The number of hydrogen-bond acceptors (Lipinski definition) is 4. The monoisotopic (exact) mass is 275 g/mol. The molecule has 1 heterocycles. The second-order valence-electron chi connectivity index (χ2n) is 4.43. The van der Waals surface area contributed by atoms with Crippen LogP contribution in [0.2, 0.25) is 0 Å². The van der Waals surface area contributed by atoms with Crippen LogP contribution in [0.25, 0.3) is 0 Å². The van der Waals surface area contributed by atoms with Gasteiger partial charge in [0, 0.05) is 6.07 Å². The highest BCUT2D eigenvalue weighted by molar-refractivity contribution is 5.29. The lowest BCUT2D eigenvalue weighted by molar-refractivity contribution is 0.394. The minimum Gasteiger partial charge on any atom is -0.481 e. The van der Waals surface area contributed by atoms with Gasteiger partial charge in [0.05, 0.1) is 18.8 Å². The van der Waals surface area contributed by atoms with Crippen LogP contribution in [0.5, 0.6) is 5.88 Å². The third kappa shape index (κ3) is 3.51. The van der Waals surface area contributed by atoms with Crippen molar-refractivity contribution >= 4 is 0 Å². The van der Waals surface area contributed by atoms with E-state index in [0.29, 0.717) is 5.88 Å². The molecule has 1 aromatic heterocycles. The van der Waals surface area contributed by atoms with Gasteiger partial charge in [-0.1, -0.05) is 19.1 Å². The lowest BCUT2D eigenvalue weighted by Gasteiger charge is -2.18. The SMILES string of the molecule is CCCNC(c1cccc(F)c1)c1cc(OC)ncn1. The van der Waals surface area contributed by atoms with E-state index in [2.05, 4.69) is 22.2 Å². The molecule has 20 heavy (non-hydrogen) atoms. The molecule has 0 spiro atoms. The van der Waals surface area contributed by atoms with Gasteiger partial charge in [0.2, 0.25) is 5.88 Å². The number of halogens is 1. The zero-order chi connectivity index (χ0) is 14.4. The summed E-state index contributed by atoms with van der Waals surface area (Å²) in [5.74, 6) is 0.238. The summed E-state index contributed by atoms with van der Waals surface area (Å²) in [5.41, 5.74) is 1.59. The Morgan fingerprint density at radius 1 is 1.30 bits per heavy atom. The minimum absolute atomic E-state index is 0.178. The fourth-order valence-electron chi connectivity index (χ4n) is 1.99. The van der Waals surface area contributed by atoms with Crippen molar-refractivity contribution < 1.29 is 9.13 Å². The number of nitrogens with zero attached hydrogens (tertiary/aromatic N) is 2. The molecule has 0 amide bonds. The maximum Gasteiger partial charge on any atom is 0.216 e. The lowest BCUT2D eigenvalue weighted by atomic mass is 10.0. The predicted molar refractivity (Wildman–Crippen MR) is 75.1 cm³/mol. The molecule has 1 unspecified atom stereocenters. The van der Waals surface area contributed by atoms with Gasteiger partial charge in [-0.3, -0.25) is 0 Å². The third-order valence-corrected chi connectivity index (χ3v) is 2.95. The number of methoxy groups -OCH3 is 1. The highest BCUT2D eigenvalue weighted by Crippen LogP contribution is 2.22. The predicted octanol–water partition coefficient (Wildman–Crippen LogP) is 2.71. The van der Waals surface area contributed by atoms with Crippen molar-refractivity contribution in [2.24, 2.45) is 0 Å². The molecule has 2 aromatic rings. The first-order chi connectivity index (χ1) is 9.74. The molecular weight excluding hydrogens is 257 g/mol. The van der Waals surface area contributed by atoms with Gasteiger partial charge in [-0.2, -0.15) is 0 Å². The maximum absolute atomic E-state index is 13.4. The fourth-order valence-corrected chi connectivity index (χ4v) is 1.99. The van der Waals surface area contributed by atoms with E-state index in [0.717, 1.165) is 24.2 Å². The number of ether oxygens (including phenoxy) is 1. The van der Waals surface area contributed by atoms with Crippen LogP contribution in [0.15, 0.2) is 36.7 Å². The van der Waals surface area contributed by atoms with Crippen LogP contribution in [-0.2, 0) is 0 Å². The van der Waals surface area contributed by atoms with Crippen LogP contribution in [0.4, 0.5) is 4.39 Å². The quantitative estimate of drug-likeness (QED) is 0.880.